The summed E-state index contributed by atoms with van der Waals surface area (Å²) in [5.41, 5.74) is 6.03. The van der Waals surface area contributed by atoms with E-state index in [0.717, 1.165) is 36.0 Å². The molecular formula is C23H27N3OS2. The molecule has 0 spiro atoms. The highest BCUT2D eigenvalue weighted by atomic mass is 32.2. The lowest BCUT2D eigenvalue weighted by molar-refractivity contribution is 0.0948. The summed E-state index contributed by atoms with van der Waals surface area (Å²) in [6.07, 6.45) is 0. The van der Waals surface area contributed by atoms with E-state index >= 15 is 0 Å². The molecule has 0 radical (unpaired) electrons. The molecule has 0 unspecified atom stereocenters. The van der Waals surface area contributed by atoms with E-state index in [2.05, 4.69) is 47.2 Å². The molecule has 1 N–H and O–H groups in total. The Balaban J connectivity index is 1.66. The van der Waals surface area contributed by atoms with Gasteiger partial charge in [-0.25, -0.2) is 4.98 Å². The first-order valence-corrected chi connectivity index (χ1v) is 11.8. The van der Waals surface area contributed by atoms with E-state index in [-0.39, 0.29) is 5.91 Å². The Labute approximate surface area is 181 Å². The maximum absolute atomic E-state index is 12.9. The van der Waals surface area contributed by atoms with Crippen LogP contribution in [0.1, 0.15) is 41.0 Å². The smallest absolute Gasteiger partial charge is 0.252 e. The first-order valence-electron chi connectivity index (χ1n) is 9.87. The molecule has 0 bridgehead atoms. The highest BCUT2D eigenvalue weighted by molar-refractivity contribution is 7.98. The monoisotopic (exact) mass is 425 g/mol. The minimum atomic E-state index is -0.0379. The van der Waals surface area contributed by atoms with Crippen LogP contribution in [-0.4, -0.2) is 28.9 Å². The summed E-state index contributed by atoms with van der Waals surface area (Å²) < 4.78 is 0. The summed E-state index contributed by atoms with van der Waals surface area (Å²) in [7, 11) is 0. The maximum atomic E-state index is 12.9. The van der Waals surface area contributed by atoms with E-state index in [1.807, 2.05) is 41.2 Å². The summed E-state index contributed by atoms with van der Waals surface area (Å²) >= 11 is 3.24. The van der Waals surface area contributed by atoms with Gasteiger partial charge in [-0.2, -0.15) is 0 Å². The van der Waals surface area contributed by atoms with Crippen LogP contribution in [0.15, 0.2) is 64.3 Å². The van der Waals surface area contributed by atoms with Gasteiger partial charge in [-0.05, 0) is 36.3 Å². The minimum Gasteiger partial charge on any atom is -0.348 e. The van der Waals surface area contributed by atoms with E-state index in [1.54, 1.807) is 23.1 Å². The van der Waals surface area contributed by atoms with Crippen molar-refractivity contribution in [3.8, 4) is 0 Å². The van der Waals surface area contributed by atoms with Crippen molar-refractivity contribution >= 4 is 29.0 Å². The van der Waals surface area contributed by atoms with Crippen molar-refractivity contribution in [2.24, 2.45) is 0 Å². The number of nitrogens with one attached hydrogen (secondary N) is 1. The number of hydrogen-bond donors (Lipinski definition) is 1. The van der Waals surface area contributed by atoms with Crippen molar-refractivity contribution in [2.45, 2.75) is 37.6 Å². The predicted molar refractivity (Wildman–Crippen MR) is 122 cm³/mol. The van der Waals surface area contributed by atoms with Crippen LogP contribution in [0.3, 0.4) is 0 Å². The highest BCUT2D eigenvalue weighted by Gasteiger charge is 2.13. The molecule has 3 rings (SSSR count). The fraction of sp³-hybridized carbons (Fsp3) is 0.304. The second-order valence-corrected chi connectivity index (χ2v) is 8.41. The Morgan fingerprint density at radius 1 is 1.07 bits per heavy atom. The Morgan fingerprint density at radius 3 is 2.52 bits per heavy atom. The highest BCUT2D eigenvalue weighted by Crippen LogP contribution is 2.26. The van der Waals surface area contributed by atoms with E-state index in [4.69, 9.17) is 0 Å². The van der Waals surface area contributed by atoms with E-state index in [9.17, 15) is 4.79 Å². The molecule has 0 saturated carbocycles. The van der Waals surface area contributed by atoms with Crippen LogP contribution in [0.5, 0.6) is 0 Å². The molecule has 6 heteroatoms. The third kappa shape index (κ3) is 6.16. The van der Waals surface area contributed by atoms with Gasteiger partial charge in [0.15, 0.2) is 0 Å². The number of thiazole rings is 1. The number of carbonyl (C=O) groups excluding carboxylic acids is 1. The molecule has 0 aliphatic heterocycles. The van der Waals surface area contributed by atoms with Gasteiger partial charge in [-0.15, -0.1) is 23.1 Å². The molecule has 29 heavy (non-hydrogen) atoms. The van der Waals surface area contributed by atoms with Gasteiger partial charge in [-0.3, -0.25) is 9.69 Å². The number of aromatic nitrogens is 1. The second kappa shape index (κ2) is 11.1. The molecule has 2 aromatic carbocycles. The normalized spacial score (nSPS) is 11.0. The standard InChI is InChI=1S/C23H27N3OS2/c1-3-26(4-2)14-19-10-6-5-9-18(19)13-24-23(27)21-11-7-8-12-22(21)29-16-20-15-28-17-25-20/h5-12,15,17H,3-4,13-14,16H2,1-2H3,(H,24,27). The number of hydrogen-bond acceptors (Lipinski definition) is 5. The summed E-state index contributed by atoms with van der Waals surface area (Å²) in [4.78, 5) is 20.6. The quantitative estimate of drug-likeness (QED) is 0.453. The molecule has 0 atom stereocenters. The Morgan fingerprint density at radius 2 is 1.79 bits per heavy atom. The lowest BCUT2D eigenvalue weighted by atomic mass is 10.1. The maximum Gasteiger partial charge on any atom is 0.252 e. The van der Waals surface area contributed by atoms with Crippen molar-refractivity contribution in [3.05, 3.63) is 81.8 Å². The number of benzene rings is 2. The van der Waals surface area contributed by atoms with Crippen molar-refractivity contribution in [3.63, 3.8) is 0 Å². The second-order valence-electron chi connectivity index (χ2n) is 6.68. The lowest BCUT2D eigenvalue weighted by Gasteiger charge is -2.20. The third-order valence-corrected chi connectivity index (χ3v) is 6.58. The predicted octanol–water partition coefficient (Wildman–Crippen LogP) is 5.21. The van der Waals surface area contributed by atoms with Crippen LogP contribution in [-0.2, 0) is 18.8 Å². The summed E-state index contributed by atoms with van der Waals surface area (Å²) in [6.45, 7) is 7.81. The molecule has 152 valence electrons. The summed E-state index contributed by atoms with van der Waals surface area (Å²) in [6, 6.07) is 16.1. The van der Waals surface area contributed by atoms with Crippen LogP contribution in [0, 0.1) is 0 Å². The van der Waals surface area contributed by atoms with Gasteiger partial charge in [0, 0.05) is 29.1 Å². The molecule has 3 aromatic rings. The molecular weight excluding hydrogens is 398 g/mol. The van der Waals surface area contributed by atoms with Crippen LogP contribution < -0.4 is 5.32 Å². The van der Waals surface area contributed by atoms with Crippen LogP contribution in [0.2, 0.25) is 0 Å². The van der Waals surface area contributed by atoms with Gasteiger partial charge >= 0.3 is 0 Å². The van der Waals surface area contributed by atoms with E-state index in [1.165, 1.54) is 11.1 Å². The zero-order chi connectivity index (χ0) is 20.5. The lowest BCUT2D eigenvalue weighted by Crippen LogP contribution is -2.26. The fourth-order valence-corrected chi connectivity index (χ4v) is 4.70. The SMILES string of the molecule is CCN(CC)Cc1ccccc1CNC(=O)c1ccccc1SCc1cscn1. The zero-order valence-electron chi connectivity index (χ0n) is 16.9. The number of amides is 1. The van der Waals surface area contributed by atoms with Crippen LogP contribution in [0.4, 0.5) is 0 Å². The Hall–Kier alpha value is -2.15. The molecule has 0 saturated heterocycles. The van der Waals surface area contributed by atoms with Gasteiger partial charge in [0.25, 0.3) is 5.91 Å². The van der Waals surface area contributed by atoms with E-state index in [0.29, 0.717) is 12.1 Å². The molecule has 1 aromatic heterocycles. The Kier molecular flexibility index (Phi) is 8.28. The van der Waals surface area contributed by atoms with Crippen molar-refractivity contribution in [1.29, 1.82) is 0 Å². The molecule has 1 amide bonds. The van der Waals surface area contributed by atoms with Gasteiger partial charge in [0.1, 0.15) is 0 Å². The number of rotatable bonds is 10. The average Bonchev–Trinajstić information content (AvgIpc) is 3.29. The third-order valence-electron chi connectivity index (χ3n) is 4.84. The molecule has 1 heterocycles. The topological polar surface area (TPSA) is 45.2 Å². The molecule has 0 aliphatic rings. The first-order chi connectivity index (χ1) is 14.2. The van der Waals surface area contributed by atoms with Gasteiger partial charge in [0.2, 0.25) is 0 Å². The molecule has 4 nitrogen and oxygen atoms in total. The minimum absolute atomic E-state index is 0.0379. The largest absolute Gasteiger partial charge is 0.348 e. The van der Waals surface area contributed by atoms with Crippen molar-refractivity contribution in [1.82, 2.24) is 15.2 Å². The van der Waals surface area contributed by atoms with Gasteiger partial charge in [-0.1, -0.05) is 50.2 Å². The van der Waals surface area contributed by atoms with E-state index < -0.39 is 0 Å². The molecule has 0 fully saturated rings. The Bertz CT molecular complexity index is 908. The summed E-state index contributed by atoms with van der Waals surface area (Å²) in [5, 5.41) is 5.16. The van der Waals surface area contributed by atoms with Gasteiger partial charge in [0.05, 0.1) is 16.8 Å². The first kappa shape index (κ1) is 21.6. The number of thioether (sulfide) groups is 1. The molecule has 0 aliphatic carbocycles. The van der Waals surface area contributed by atoms with Crippen molar-refractivity contribution in [2.75, 3.05) is 13.1 Å². The number of carbonyl (C=O) groups is 1. The zero-order valence-corrected chi connectivity index (χ0v) is 18.6. The summed E-state index contributed by atoms with van der Waals surface area (Å²) in [5.74, 6) is 0.726. The van der Waals surface area contributed by atoms with Crippen LogP contribution >= 0.6 is 23.1 Å². The number of nitrogens with zero attached hydrogens (tertiary/aromatic N) is 2. The van der Waals surface area contributed by atoms with Crippen molar-refractivity contribution < 1.29 is 4.79 Å². The van der Waals surface area contributed by atoms with Gasteiger partial charge < -0.3 is 5.32 Å². The van der Waals surface area contributed by atoms with Crippen LogP contribution in [0.25, 0.3) is 0 Å². The fourth-order valence-electron chi connectivity index (χ4n) is 3.08. The average molecular weight is 426 g/mol.